The standard InChI is InChI=1S/C11H20N4/c1-3-5-10-8-11(14-9-13-10)15(2)7-4-6-12/h8-9H,3-7,12H2,1-2H3. The maximum Gasteiger partial charge on any atom is 0.131 e. The summed E-state index contributed by atoms with van der Waals surface area (Å²) in [5.74, 6) is 0.988. The first-order valence-corrected chi connectivity index (χ1v) is 5.50. The van der Waals surface area contributed by atoms with Crippen LogP contribution in [0.4, 0.5) is 5.82 Å². The first kappa shape index (κ1) is 11.9. The summed E-state index contributed by atoms with van der Waals surface area (Å²) in [5, 5.41) is 0. The van der Waals surface area contributed by atoms with Crippen LogP contribution in [0, 0.1) is 0 Å². The molecule has 0 unspecified atom stereocenters. The molecule has 0 aliphatic carbocycles. The number of rotatable bonds is 6. The number of hydrogen-bond donors (Lipinski definition) is 1. The molecule has 84 valence electrons. The summed E-state index contributed by atoms with van der Waals surface area (Å²) in [6.07, 6.45) is 4.76. The van der Waals surface area contributed by atoms with Gasteiger partial charge in [-0.3, -0.25) is 0 Å². The lowest BCUT2D eigenvalue weighted by Crippen LogP contribution is -2.22. The van der Waals surface area contributed by atoms with E-state index in [1.165, 1.54) is 0 Å². The number of aromatic nitrogens is 2. The zero-order valence-corrected chi connectivity index (χ0v) is 9.61. The minimum atomic E-state index is 0.719. The SMILES string of the molecule is CCCc1cc(N(C)CCCN)ncn1. The van der Waals surface area contributed by atoms with Gasteiger partial charge in [-0.2, -0.15) is 0 Å². The van der Waals surface area contributed by atoms with Gasteiger partial charge in [-0.1, -0.05) is 13.3 Å². The monoisotopic (exact) mass is 208 g/mol. The maximum atomic E-state index is 5.47. The highest BCUT2D eigenvalue weighted by Gasteiger charge is 2.03. The van der Waals surface area contributed by atoms with Crippen molar-refractivity contribution in [2.45, 2.75) is 26.2 Å². The summed E-state index contributed by atoms with van der Waals surface area (Å²) in [7, 11) is 2.04. The molecule has 15 heavy (non-hydrogen) atoms. The number of hydrogen-bond acceptors (Lipinski definition) is 4. The van der Waals surface area contributed by atoms with Crippen molar-refractivity contribution < 1.29 is 0 Å². The van der Waals surface area contributed by atoms with E-state index >= 15 is 0 Å². The van der Waals surface area contributed by atoms with Gasteiger partial charge in [0.05, 0.1) is 0 Å². The van der Waals surface area contributed by atoms with Crippen LogP contribution < -0.4 is 10.6 Å². The van der Waals surface area contributed by atoms with E-state index < -0.39 is 0 Å². The van der Waals surface area contributed by atoms with Gasteiger partial charge < -0.3 is 10.6 Å². The minimum absolute atomic E-state index is 0.719. The van der Waals surface area contributed by atoms with Gasteiger partial charge in [-0.25, -0.2) is 9.97 Å². The van der Waals surface area contributed by atoms with Crippen LogP contribution in [0.25, 0.3) is 0 Å². The third-order valence-corrected chi connectivity index (χ3v) is 2.30. The molecule has 0 aliphatic rings. The Morgan fingerprint density at radius 2 is 2.20 bits per heavy atom. The van der Waals surface area contributed by atoms with Crippen molar-refractivity contribution in [3.05, 3.63) is 18.1 Å². The van der Waals surface area contributed by atoms with E-state index in [0.29, 0.717) is 0 Å². The fourth-order valence-corrected chi connectivity index (χ4v) is 1.43. The number of nitrogens with zero attached hydrogens (tertiary/aromatic N) is 3. The van der Waals surface area contributed by atoms with E-state index in [1.54, 1.807) is 6.33 Å². The molecule has 1 heterocycles. The number of aryl methyl sites for hydroxylation is 1. The molecule has 4 heteroatoms. The van der Waals surface area contributed by atoms with Crippen LogP contribution in [-0.2, 0) is 6.42 Å². The summed E-state index contributed by atoms with van der Waals surface area (Å²) in [6.45, 7) is 3.82. The highest BCUT2D eigenvalue weighted by molar-refractivity contribution is 5.37. The van der Waals surface area contributed by atoms with Gasteiger partial charge in [0.2, 0.25) is 0 Å². The van der Waals surface area contributed by atoms with Crippen molar-refractivity contribution in [3.63, 3.8) is 0 Å². The second-order valence-electron chi connectivity index (χ2n) is 3.68. The molecule has 2 N–H and O–H groups in total. The fourth-order valence-electron chi connectivity index (χ4n) is 1.43. The van der Waals surface area contributed by atoms with E-state index in [4.69, 9.17) is 5.73 Å². The molecular weight excluding hydrogens is 188 g/mol. The second kappa shape index (κ2) is 6.35. The fraction of sp³-hybridized carbons (Fsp3) is 0.636. The summed E-state index contributed by atoms with van der Waals surface area (Å²) in [6, 6.07) is 2.06. The normalized spacial score (nSPS) is 10.3. The summed E-state index contributed by atoms with van der Waals surface area (Å²) < 4.78 is 0. The lowest BCUT2D eigenvalue weighted by atomic mass is 10.2. The van der Waals surface area contributed by atoms with E-state index in [0.717, 1.165) is 43.9 Å². The van der Waals surface area contributed by atoms with Crippen LogP contribution in [0.1, 0.15) is 25.5 Å². The van der Waals surface area contributed by atoms with Gasteiger partial charge in [0.15, 0.2) is 0 Å². The summed E-state index contributed by atoms with van der Waals surface area (Å²) in [4.78, 5) is 10.6. The smallest absolute Gasteiger partial charge is 0.131 e. The van der Waals surface area contributed by atoms with Crippen LogP contribution in [0.3, 0.4) is 0 Å². The molecule has 1 aromatic heterocycles. The predicted molar refractivity (Wildman–Crippen MR) is 63.0 cm³/mol. The average molecular weight is 208 g/mol. The van der Waals surface area contributed by atoms with Crippen molar-refractivity contribution in [1.82, 2.24) is 9.97 Å². The predicted octanol–water partition coefficient (Wildman–Crippen LogP) is 1.21. The molecule has 0 aromatic carbocycles. The molecule has 0 saturated carbocycles. The zero-order chi connectivity index (χ0) is 11.1. The van der Waals surface area contributed by atoms with E-state index in [-0.39, 0.29) is 0 Å². The largest absolute Gasteiger partial charge is 0.360 e. The Bertz CT molecular complexity index is 288. The molecule has 0 bridgehead atoms. The first-order valence-electron chi connectivity index (χ1n) is 5.50. The van der Waals surface area contributed by atoms with E-state index in [2.05, 4.69) is 27.9 Å². The van der Waals surface area contributed by atoms with Crippen LogP contribution in [0.5, 0.6) is 0 Å². The minimum Gasteiger partial charge on any atom is -0.360 e. The molecule has 0 amide bonds. The molecule has 1 aromatic rings. The van der Waals surface area contributed by atoms with Gasteiger partial charge in [-0.15, -0.1) is 0 Å². The maximum absolute atomic E-state index is 5.47. The summed E-state index contributed by atoms with van der Waals surface area (Å²) in [5.41, 5.74) is 6.59. The first-order chi connectivity index (χ1) is 7.27. The summed E-state index contributed by atoms with van der Waals surface area (Å²) >= 11 is 0. The number of anilines is 1. The Kier molecular flexibility index (Phi) is 5.04. The van der Waals surface area contributed by atoms with Crippen LogP contribution >= 0.6 is 0 Å². The van der Waals surface area contributed by atoms with Gasteiger partial charge in [0.25, 0.3) is 0 Å². The average Bonchev–Trinajstić information content (AvgIpc) is 2.27. The molecule has 0 atom stereocenters. The molecule has 0 aliphatic heterocycles. The van der Waals surface area contributed by atoms with Gasteiger partial charge in [-0.05, 0) is 19.4 Å². The third kappa shape index (κ3) is 3.83. The molecular formula is C11H20N4. The van der Waals surface area contributed by atoms with Crippen molar-refractivity contribution in [2.75, 3.05) is 25.0 Å². The lowest BCUT2D eigenvalue weighted by molar-refractivity contribution is 0.780. The van der Waals surface area contributed by atoms with E-state index in [9.17, 15) is 0 Å². The molecule has 0 radical (unpaired) electrons. The molecule has 1 rings (SSSR count). The topological polar surface area (TPSA) is 55.0 Å². The van der Waals surface area contributed by atoms with Crippen LogP contribution in [-0.4, -0.2) is 30.1 Å². The highest BCUT2D eigenvalue weighted by atomic mass is 15.2. The van der Waals surface area contributed by atoms with Gasteiger partial charge in [0, 0.05) is 25.4 Å². The van der Waals surface area contributed by atoms with Gasteiger partial charge in [0.1, 0.15) is 12.1 Å². The third-order valence-electron chi connectivity index (χ3n) is 2.30. The molecule has 0 saturated heterocycles. The quantitative estimate of drug-likeness (QED) is 0.763. The second-order valence-corrected chi connectivity index (χ2v) is 3.68. The van der Waals surface area contributed by atoms with Crippen LogP contribution in [0.2, 0.25) is 0 Å². The van der Waals surface area contributed by atoms with E-state index in [1.807, 2.05) is 7.05 Å². The lowest BCUT2D eigenvalue weighted by Gasteiger charge is -2.17. The molecule has 0 fully saturated rings. The Morgan fingerprint density at radius 3 is 2.87 bits per heavy atom. The Morgan fingerprint density at radius 1 is 1.40 bits per heavy atom. The van der Waals surface area contributed by atoms with Crippen molar-refractivity contribution in [2.24, 2.45) is 5.73 Å². The van der Waals surface area contributed by atoms with Gasteiger partial charge >= 0.3 is 0 Å². The zero-order valence-electron chi connectivity index (χ0n) is 9.61. The molecule has 0 spiro atoms. The van der Waals surface area contributed by atoms with Crippen molar-refractivity contribution in [3.8, 4) is 0 Å². The van der Waals surface area contributed by atoms with Crippen LogP contribution in [0.15, 0.2) is 12.4 Å². The number of nitrogens with two attached hydrogens (primary N) is 1. The van der Waals surface area contributed by atoms with Crippen molar-refractivity contribution >= 4 is 5.82 Å². The van der Waals surface area contributed by atoms with Crippen molar-refractivity contribution in [1.29, 1.82) is 0 Å². The Labute approximate surface area is 91.5 Å². The Balaban J connectivity index is 2.62. The highest BCUT2D eigenvalue weighted by Crippen LogP contribution is 2.10. The Hall–Kier alpha value is -1.16. The molecule has 4 nitrogen and oxygen atoms in total.